The molecule has 1 N–H and O–H groups in total. The van der Waals surface area contributed by atoms with Gasteiger partial charge < -0.3 is 5.32 Å². The molecular weight excluding hydrogens is 372 g/mol. The van der Waals surface area contributed by atoms with Crippen LogP contribution in [-0.4, -0.2) is 37.8 Å². The normalized spacial score (nSPS) is 16.4. The molecule has 3 rings (SSSR count). The van der Waals surface area contributed by atoms with Crippen LogP contribution in [-0.2, 0) is 10.0 Å². The molecule has 5 nitrogen and oxygen atoms in total. The summed E-state index contributed by atoms with van der Waals surface area (Å²) in [5.41, 5.74) is 1.58. The van der Waals surface area contributed by atoms with Gasteiger partial charge in [0.05, 0.1) is 4.90 Å². The molecule has 0 atom stereocenters. The predicted octanol–water partition coefficient (Wildman–Crippen LogP) is 3.23. The van der Waals surface area contributed by atoms with E-state index in [1.165, 1.54) is 16.4 Å². The number of rotatable bonds is 4. The highest BCUT2D eigenvalue weighted by Gasteiger charge is 2.30. The lowest BCUT2D eigenvalue weighted by atomic mass is 10.0. The lowest BCUT2D eigenvalue weighted by Crippen LogP contribution is -2.46. The Morgan fingerprint density at radius 2 is 1.69 bits per heavy atom. The van der Waals surface area contributed by atoms with E-state index in [4.69, 9.17) is 11.6 Å². The second-order valence-electron chi connectivity index (χ2n) is 6.42. The molecule has 0 saturated carbocycles. The van der Waals surface area contributed by atoms with Crippen LogP contribution in [0, 0.1) is 6.92 Å². The predicted molar refractivity (Wildman–Crippen MR) is 102 cm³/mol. The molecule has 2 aromatic carbocycles. The summed E-state index contributed by atoms with van der Waals surface area (Å²) in [6.45, 7) is 2.66. The van der Waals surface area contributed by atoms with Crippen molar-refractivity contribution in [2.24, 2.45) is 0 Å². The molecule has 7 heteroatoms. The van der Waals surface area contributed by atoms with Gasteiger partial charge in [0, 0.05) is 29.7 Å². The molecule has 138 valence electrons. The number of nitrogens with zero attached hydrogens (tertiary/aromatic N) is 1. The smallest absolute Gasteiger partial charge is 0.251 e. The fourth-order valence-electron chi connectivity index (χ4n) is 3.09. The van der Waals surface area contributed by atoms with Crippen LogP contribution in [0.15, 0.2) is 53.4 Å². The lowest BCUT2D eigenvalue weighted by molar-refractivity contribution is 0.0923. The van der Waals surface area contributed by atoms with E-state index in [1.807, 2.05) is 25.1 Å². The maximum absolute atomic E-state index is 12.7. The number of aryl methyl sites for hydroxylation is 1. The molecule has 0 aromatic heterocycles. The van der Waals surface area contributed by atoms with Crippen LogP contribution in [0.3, 0.4) is 0 Å². The van der Waals surface area contributed by atoms with Gasteiger partial charge in [-0.25, -0.2) is 8.42 Å². The Labute approximate surface area is 159 Å². The fourth-order valence-corrected chi connectivity index (χ4v) is 4.68. The molecule has 0 unspecified atom stereocenters. The van der Waals surface area contributed by atoms with Gasteiger partial charge in [-0.05, 0) is 55.7 Å². The van der Waals surface area contributed by atoms with Crippen LogP contribution in [0.25, 0.3) is 0 Å². The summed E-state index contributed by atoms with van der Waals surface area (Å²) < 4.78 is 26.8. The number of halogens is 1. The summed E-state index contributed by atoms with van der Waals surface area (Å²) in [4.78, 5) is 12.7. The highest BCUT2D eigenvalue weighted by atomic mass is 35.5. The zero-order chi connectivity index (χ0) is 18.7. The Kier molecular flexibility index (Phi) is 5.65. The summed E-state index contributed by atoms with van der Waals surface area (Å²) in [5, 5.41) is 3.52. The molecule has 0 aliphatic carbocycles. The number of piperidine rings is 1. The van der Waals surface area contributed by atoms with E-state index in [9.17, 15) is 13.2 Å². The van der Waals surface area contributed by atoms with Gasteiger partial charge in [-0.3, -0.25) is 4.79 Å². The third-order valence-electron chi connectivity index (χ3n) is 4.63. The molecule has 1 heterocycles. The Morgan fingerprint density at radius 3 is 2.31 bits per heavy atom. The number of hydrogen-bond donors (Lipinski definition) is 1. The Balaban J connectivity index is 1.61. The number of sulfonamides is 1. The quantitative estimate of drug-likeness (QED) is 0.868. The second kappa shape index (κ2) is 7.78. The van der Waals surface area contributed by atoms with Crippen LogP contribution in [0.1, 0.15) is 28.8 Å². The van der Waals surface area contributed by atoms with Crippen LogP contribution in [0.5, 0.6) is 0 Å². The van der Waals surface area contributed by atoms with Crippen molar-refractivity contribution in [3.05, 3.63) is 64.7 Å². The van der Waals surface area contributed by atoms with E-state index >= 15 is 0 Å². The molecular formula is C19H21ClN2O3S. The summed E-state index contributed by atoms with van der Waals surface area (Å²) in [5.74, 6) is -0.109. The minimum Gasteiger partial charge on any atom is -0.349 e. The molecule has 1 aliphatic rings. The molecule has 1 saturated heterocycles. The van der Waals surface area contributed by atoms with Crippen molar-refractivity contribution in [1.29, 1.82) is 0 Å². The number of carbonyl (C=O) groups excluding carboxylic acids is 1. The Hall–Kier alpha value is -1.89. The topological polar surface area (TPSA) is 66.5 Å². The van der Waals surface area contributed by atoms with Gasteiger partial charge in [-0.15, -0.1) is 0 Å². The molecule has 0 bridgehead atoms. The SMILES string of the molecule is Cc1ccccc1C(=O)NC1CCN(S(=O)(=O)c2ccc(Cl)cc2)CC1. The number of nitrogens with one attached hydrogen (secondary N) is 1. The van der Waals surface area contributed by atoms with Gasteiger partial charge in [-0.1, -0.05) is 29.8 Å². The van der Waals surface area contributed by atoms with E-state index in [0.717, 1.165) is 5.56 Å². The zero-order valence-electron chi connectivity index (χ0n) is 14.5. The summed E-state index contributed by atoms with van der Waals surface area (Å²) in [7, 11) is -3.53. The molecule has 1 amide bonds. The number of benzene rings is 2. The van der Waals surface area contributed by atoms with Gasteiger partial charge in [0.2, 0.25) is 10.0 Å². The molecule has 26 heavy (non-hydrogen) atoms. The van der Waals surface area contributed by atoms with Crippen molar-refractivity contribution in [3.8, 4) is 0 Å². The summed E-state index contributed by atoms with van der Waals surface area (Å²) in [6.07, 6.45) is 1.18. The molecule has 1 fully saturated rings. The molecule has 0 spiro atoms. The molecule has 1 aliphatic heterocycles. The van der Waals surface area contributed by atoms with Gasteiger partial charge in [-0.2, -0.15) is 4.31 Å². The first-order chi connectivity index (χ1) is 12.4. The molecule has 2 aromatic rings. The first-order valence-electron chi connectivity index (χ1n) is 8.50. The minimum absolute atomic E-state index is 0.0289. The summed E-state index contributed by atoms with van der Waals surface area (Å²) >= 11 is 5.83. The first-order valence-corrected chi connectivity index (χ1v) is 10.3. The minimum atomic E-state index is -3.53. The van der Waals surface area contributed by atoms with Crippen molar-refractivity contribution >= 4 is 27.5 Å². The third-order valence-corrected chi connectivity index (χ3v) is 6.80. The van der Waals surface area contributed by atoms with Gasteiger partial charge in [0.15, 0.2) is 0 Å². The first kappa shape index (κ1) is 18.9. The highest BCUT2D eigenvalue weighted by Crippen LogP contribution is 2.22. The second-order valence-corrected chi connectivity index (χ2v) is 8.80. The fraction of sp³-hybridized carbons (Fsp3) is 0.316. The van der Waals surface area contributed by atoms with Crippen LogP contribution < -0.4 is 5.32 Å². The van der Waals surface area contributed by atoms with E-state index in [-0.39, 0.29) is 16.8 Å². The van der Waals surface area contributed by atoms with E-state index in [1.54, 1.807) is 18.2 Å². The van der Waals surface area contributed by atoms with Crippen LogP contribution in [0.2, 0.25) is 5.02 Å². The molecule has 0 radical (unpaired) electrons. The van der Waals surface area contributed by atoms with Crippen molar-refractivity contribution in [2.75, 3.05) is 13.1 Å². The van der Waals surface area contributed by atoms with Crippen molar-refractivity contribution in [1.82, 2.24) is 9.62 Å². The van der Waals surface area contributed by atoms with E-state index in [2.05, 4.69) is 5.32 Å². The van der Waals surface area contributed by atoms with Gasteiger partial charge >= 0.3 is 0 Å². The maximum Gasteiger partial charge on any atom is 0.251 e. The van der Waals surface area contributed by atoms with E-state index < -0.39 is 10.0 Å². The Bertz CT molecular complexity index is 889. The third kappa shape index (κ3) is 4.09. The monoisotopic (exact) mass is 392 g/mol. The number of amides is 1. The Morgan fingerprint density at radius 1 is 1.08 bits per heavy atom. The zero-order valence-corrected chi connectivity index (χ0v) is 16.1. The van der Waals surface area contributed by atoms with Gasteiger partial charge in [0.25, 0.3) is 5.91 Å². The maximum atomic E-state index is 12.7. The number of carbonyl (C=O) groups is 1. The van der Waals surface area contributed by atoms with Crippen LogP contribution >= 0.6 is 11.6 Å². The lowest BCUT2D eigenvalue weighted by Gasteiger charge is -2.31. The van der Waals surface area contributed by atoms with Gasteiger partial charge in [0.1, 0.15) is 0 Å². The number of hydrogen-bond acceptors (Lipinski definition) is 3. The average Bonchev–Trinajstić information content (AvgIpc) is 2.63. The summed E-state index contributed by atoms with van der Waals surface area (Å²) in [6, 6.07) is 13.6. The van der Waals surface area contributed by atoms with Crippen molar-refractivity contribution in [2.45, 2.75) is 30.7 Å². The van der Waals surface area contributed by atoms with E-state index in [0.29, 0.717) is 36.5 Å². The average molecular weight is 393 g/mol. The largest absolute Gasteiger partial charge is 0.349 e. The van der Waals surface area contributed by atoms with Crippen molar-refractivity contribution in [3.63, 3.8) is 0 Å². The standard InChI is InChI=1S/C19H21ClN2O3S/c1-14-4-2-3-5-18(14)19(23)21-16-10-12-22(13-11-16)26(24,25)17-8-6-15(20)7-9-17/h2-9,16H,10-13H2,1H3,(H,21,23). The highest BCUT2D eigenvalue weighted by molar-refractivity contribution is 7.89. The van der Waals surface area contributed by atoms with Crippen LogP contribution in [0.4, 0.5) is 0 Å². The van der Waals surface area contributed by atoms with Crippen molar-refractivity contribution < 1.29 is 13.2 Å².